The van der Waals surface area contributed by atoms with Gasteiger partial charge in [-0.15, -0.1) is 11.3 Å². The first kappa shape index (κ1) is 25.1. The van der Waals surface area contributed by atoms with Crippen molar-refractivity contribution in [2.45, 2.75) is 0 Å². The summed E-state index contributed by atoms with van der Waals surface area (Å²) in [5.41, 5.74) is 11.4. The molecule has 2 heteroatoms. The smallest absolute Gasteiger partial charge is 0.143 e. The fraction of sp³-hybridized carbons (Fsp3) is 0. The van der Waals surface area contributed by atoms with Crippen molar-refractivity contribution in [3.05, 3.63) is 158 Å². The van der Waals surface area contributed by atoms with E-state index in [1.807, 2.05) is 17.4 Å². The van der Waals surface area contributed by atoms with Crippen molar-refractivity contribution in [1.82, 2.24) is 0 Å². The second-order valence-corrected chi connectivity index (χ2v) is 12.4. The number of rotatable bonds is 4. The number of furan rings is 1. The monoisotopic (exact) mass is 578 g/mol. The lowest BCUT2D eigenvalue weighted by Gasteiger charge is -2.11. The number of para-hydroxylation sites is 1. The largest absolute Gasteiger partial charge is 0.455 e. The molecule has 0 radical (unpaired) electrons. The Kier molecular flexibility index (Phi) is 5.75. The van der Waals surface area contributed by atoms with Gasteiger partial charge in [0.2, 0.25) is 0 Å². The summed E-state index contributed by atoms with van der Waals surface area (Å²) in [4.78, 5) is 0. The minimum atomic E-state index is 0.912. The van der Waals surface area contributed by atoms with E-state index in [0.717, 1.165) is 33.1 Å². The summed E-state index contributed by atoms with van der Waals surface area (Å²) in [7, 11) is 0. The van der Waals surface area contributed by atoms with Crippen LogP contribution < -0.4 is 0 Å². The van der Waals surface area contributed by atoms with E-state index in [-0.39, 0.29) is 0 Å². The second kappa shape index (κ2) is 10.1. The molecule has 0 amide bonds. The Morgan fingerprint density at radius 1 is 0.364 bits per heavy atom. The molecule has 0 aliphatic carbocycles. The number of benzene rings is 7. The van der Waals surface area contributed by atoms with Crippen LogP contribution in [0.15, 0.2) is 162 Å². The third-order valence-corrected chi connectivity index (χ3v) is 9.91. The maximum absolute atomic E-state index is 6.55. The Morgan fingerprint density at radius 2 is 1.00 bits per heavy atom. The van der Waals surface area contributed by atoms with Gasteiger partial charge in [0.1, 0.15) is 11.2 Å². The Bertz CT molecular complexity index is 2480. The molecule has 0 fully saturated rings. The van der Waals surface area contributed by atoms with Gasteiger partial charge in [0.25, 0.3) is 0 Å². The number of hydrogen-bond acceptors (Lipinski definition) is 2. The van der Waals surface area contributed by atoms with Gasteiger partial charge < -0.3 is 4.42 Å². The average Bonchev–Trinajstić information content (AvgIpc) is 3.67. The molecule has 0 atom stereocenters. The van der Waals surface area contributed by atoms with Gasteiger partial charge in [0.05, 0.1) is 0 Å². The van der Waals surface area contributed by atoms with Gasteiger partial charge in [-0.3, -0.25) is 0 Å². The Morgan fingerprint density at radius 3 is 1.84 bits per heavy atom. The molecule has 2 heterocycles. The maximum Gasteiger partial charge on any atom is 0.143 e. The predicted octanol–water partition coefficient (Wildman–Crippen LogP) is 12.6. The fourth-order valence-corrected chi connectivity index (χ4v) is 7.76. The van der Waals surface area contributed by atoms with Crippen LogP contribution in [-0.4, -0.2) is 0 Å². The Balaban J connectivity index is 1.21. The summed E-state index contributed by atoms with van der Waals surface area (Å²) in [6.45, 7) is 0. The van der Waals surface area contributed by atoms with Crippen molar-refractivity contribution in [3.8, 4) is 44.5 Å². The number of hydrogen-bond donors (Lipinski definition) is 0. The zero-order valence-electron chi connectivity index (χ0n) is 23.8. The van der Waals surface area contributed by atoms with Crippen molar-refractivity contribution < 1.29 is 4.42 Å². The molecule has 0 N–H and O–H groups in total. The first-order valence-electron chi connectivity index (χ1n) is 14.9. The fourth-order valence-electron chi connectivity index (χ4n) is 6.52. The van der Waals surface area contributed by atoms with Crippen molar-refractivity contribution in [2.24, 2.45) is 0 Å². The molecule has 44 heavy (non-hydrogen) atoms. The summed E-state index contributed by atoms with van der Waals surface area (Å²) in [6, 6.07) is 56.6. The number of thiophene rings is 1. The summed E-state index contributed by atoms with van der Waals surface area (Å²) in [6.07, 6.45) is 0. The second-order valence-electron chi connectivity index (χ2n) is 11.3. The van der Waals surface area contributed by atoms with E-state index in [0.29, 0.717) is 0 Å². The lowest BCUT2D eigenvalue weighted by molar-refractivity contribution is 0.670. The van der Waals surface area contributed by atoms with Gasteiger partial charge in [0, 0.05) is 36.5 Å². The van der Waals surface area contributed by atoms with E-state index in [2.05, 4.69) is 152 Å². The third-order valence-electron chi connectivity index (χ3n) is 8.69. The topological polar surface area (TPSA) is 13.1 Å². The van der Waals surface area contributed by atoms with Crippen molar-refractivity contribution in [2.75, 3.05) is 0 Å². The van der Waals surface area contributed by atoms with Crippen LogP contribution in [0.2, 0.25) is 0 Å². The highest BCUT2D eigenvalue weighted by molar-refractivity contribution is 7.26. The highest BCUT2D eigenvalue weighted by Gasteiger charge is 2.17. The van der Waals surface area contributed by atoms with Crippen LogP contribution in [-0.2, 0) is 0 Å². The summed E-state index contributed by atoms with van der Waals surface area (Å²) >= 11 is 1.87. The van der Waals surface area contributed by atoms with Crippen molar-refractivity contribution >= 4 is 53.4 Å². The normalized spacial score (nSPS) is 11.6. The van der Waals surface area contributed by atoms with Gasteiger partial charge in [0.15, 0.2) is 0 Å². The van der Waals surface area contributed by atoms with E-state index in [1.165, 1.54) is 53.6 Å². The summed E-state index contributed by atoms with van der Waals surface area (Å²) < 4.78 is 9.18. The van der Waals surface area contributed by atoms with Crippen molar-refractivity contribution in [3.63, 3.8) is 0 Å². The van der Waals surface area contributed by atoms with Crippen LogP contribution in [0.3, 0.4) is 0 Å². The molecular formula is C42H26OS. The highest BCUT2D eigenvalue weighted by Crippen LogP contribution is 2.44. The Labute approximate surface area is 259 Å². The van der Waals surface area contributed by atoms with Crippen molar-refractivity contribution in [1.29, 1.82) is 0 Å². The molecule has 0 spiro atoms. The lowest BCUT2D eigenvalue weighted by Crippen LogP contribution is -1.85. The predicted molar refractivity (Wildman–Crippen MR) is 188 cm³/mol. The molecule has 0 aliphatic rings. The van der Waals surface area contributed by atoms with Crippen LogP contribution in [0.4, 0.5) is 0 Å². The van der Waals surface area contributed by atoms with E-state index >= 15 is 0 Å². The minimum Gasteiger partial charge on any atom is -0.455 e. The minimum absolute atomic E-state index is 0.912. The quantitative estimate of drug-likeness (QED) is 0.202. The van der Waals surface area contributed by atoms with E-state index < -0.39 is 0 Å². The summed E-state index contributed by atoms with van der Waals surface area (Å²) in [5.74, 6) is 0. The zero-order chi connectivity index (χ0) is 29.0. The molecular weight excluding hydrogens is 553 g/mol. The average molecular weight is 579 g/mol. The van der Waals surface area contributed by atoms with Gasteiger partial charge in [-0.2, -0.15) is 0 Å². The molecule has 0 aliphatic heterocycles. The molecule has 206 valence electrons. The van der Waals surface area contributed by atoms with Crippen LogP contribution in [0.25, 0.3) is 86.6 Å². The zero-order valence-corrected chi connectivity index (χ0v) is 24.6. The lowest BCUT2D eigenvalue weighted by atomic mass is 9.93. The first-order valence-corrected chi connectivity index (χ1v) is 15.7. The molecule has 0 saturated carbocycles. The standard InChI is InChI=1S/C42H26OS/c1-2-10-27(11-3-1)30-12-8-13-31(24-30)28-20-22-29(23-21-28)37-25-32(26-38-34-14-4-6-18-39(34)43-41(37)38)33-16-9-17-36-35-15-5-7-19-40(35)44-42(33)36/h1-26H. The van der Waals surface area contributed by atoms with Crippen LogP contribution in [0, 0.1) is 0 Å². The van der Waals surface area contributed by atoms with Gasteiger partial charge in [-0.25, -0.2) is 0 Å². The van der Waals surface area contributed by atoms with Crippen LogP contribution in [0.5, 0.6) is 0 Å². The molecule has 0 saturated heterocycles. The highest BCUT2D eigenvalue weighted by atomic mass is 32.1. The van der Waals surface area contributed by atoms with Crippen LogP contribution in [0.1, 0.15) is 0 Å². The van der Waals surface area contributed by atoms with E-state index in [4.69, 9.17) is 4.42 Å². The molecule has 1 nitrogen and oxygen atoms in total. The van der Waals surface area contributed by atoms with E-state index in [1.54, 1.807) is 0 Å². The maximum atomic E-state index is 6.55. The molecule has 9 aromatic rings. The summed E-state index contributed by atoms with van der Waals surface area (Å²) in [5, 5.41) is 4.91. The molecule has 0 unspecified atom stereocenters. The Hall–Kier alpha value is -5.44. The first-order chi connectivity index (χ1) is 21.8. The van der Waals surface area contributed by atoms with Gasteiger partial charge in [-0.1, -0.05) is 127 Å². The third kappa shape index (κ3) is 4.07. The molecule has 0 bridgehead atoms. The van der Waals surface area contributed by atoms with E-state index in [9.17, 15) is 0 Å². The van der Waals surface area contributed by atoms with Gasteiger partial charge >= 0.3 is 0 Å². The molecule has 7 aromatic carbocycles. The molecule has 9 rings (SSSR count). The van der Waals surface area contributed by atoms with Gasteiger partial charge in [-0.05, 0) is 69.3 Å². The SMILES string of the molecule is c1ccc(-c2cccc(-c3ccc(-c4cc(-c5cccc6c5sc5ccccc56)cc5c4oc4ccccc45)cc3)c2)cc1. The number of fused-ring (bicyclic) bond motifs is 6. The van der Waals surface area contributed by atoms with Crippen LogP contribution >= 0.6 is 11.3 Å². The molecule has 2 aromatic heterocycles.